The lowest BCUT2D eigenvalue weighted by molar-refractivity contribution is -0.137. The highest BCUT2D eigenvalue weighted by molar-refractivity contribution is 7.92. The normalized spacial score (nSPS) is 13.8. The quantitative estimate of drug-likeness (QED) is 0.578. The molecule has 0 radical (unpaired) electrons. The van der Waals surface area contributed by atoms with Gasteiger partial charge in [0.15, 0.2) is 0 Å². The second-order valence-corrected chi connectivity index (χ2v) is 10.0. The Labute approximate surface area is 186 Å². The fourth-order valence-corrected chi connectivity index (χ4v) is 5.66. The summed E-state index contributed by atoms with van der Waals surface area (Å²) < 4.78 is 65.5. The summed E-state index contributed by atoms with van der Waals surface area (Å²) in [6.07, 6.45) is -3.84. The second kappa shape index (κ2) is 8.55. The molecular weight excluding hydrogens is 463 g/mol. The number of amides is 1. The monoisotopic (exact) mass is 481 g/mol. The number of fused-ring (bicyclic) bond motifs is 1. The smallest absolute Gasteiger partial charge is 0.350 e. The number of anilines is 1. The second-order valence-electron chi connectivity index (χ2n) is 7.14. The van der Waals surface area contributed by atoms with E-state index in [1.54, 1.807) is 12.1 Å². The van der Waals surface area contributed by atoms with Crippen LogP contribution in [0.25, 0.3) is 10.6 Å². The highest BCUT2D eigenvalue weighted by Crippen LogP contribution is 2.33. The summed E-state index contributed by atoms with van der Waals surface area (Å²) in [4.78, 5) is 16.5. The third kappa shape index (κ3) is 4.63. The third-order valence-electron chi connectivity index (χ3n) is 5.00. The lowest BCUT2D eigenvalue weighted by atomic mass is 10.1. The number of benzene rings is 2. The molecule has 0 unspecified atom stereocenters. The Morgan fingerprint density at radius 1 is 1.16 bits per heavy atom. The van der Waals surface area contributed by atoms with Crippen LogP contribution in [0.5, 0.6) is 0 Å². The van der Waals surface area contributed by atoms with Crippen molar-refractivity contribution >= 4 is 33.0 Å². The van der Waals surface area contributed by atoms with Crippen molar-refractivity contribution in [2.45, 2.75) is 12.6 Å². The summed E-state index contributed by atoms with van der Waals surface area (Å²) in [5.74, 6) is -0.867. The third-order valence-corrected chi connectivity index (χ3v) is 7.66. The number of rotatable bonds is 6. The van der Waals surface area contributed by atoms with Gasteiger partial charge in [0.05, 0.1) is 17.0 Å². The van der Waals surface area contributed by atoms with Crippen molar-refractivity contribution in [2.24, 2.45) is 0 Å². The first kappa shape index (κ1) is 22.3. The maximum Gasteiger partial charge on any atom is 0.416 e. The van der Waals surface area contributed by atoms with Crippen LogP contribution in [-0.4, -0.2) is 38.2 Å². The van der Waals surface area contributed by atoms with E-state index in [1.165, 1.54) is 21.8 Å². The molecule has 0 fully saturated rings. The summed E-state index contributed by atoms with van der Waals surface area (Å²) in [6.45, 7) is 0.248. The van der Waals surface area contributed by atoms with Crippen molar-refractivity contribution in [3.63, 3.8) is 0 Å². The molecule has 3 aromatic rings. The van der Waals surface area contributed by atoms with Gasteiger partial charge in [0.2, 0.25) is 10.0 Å². The number of halogens is 3. The Morgan fingerprint density at radius 2 is 1.94 bits per heavy atom. The molecule has 1 aliphatic rings. The summed E-state index contributed by atoms with van der Waals surface area (Å²) in [7, 11) is -3.61. The number of hydrogen-bond donors (Lipinski definition) is 1. The first-order valence-corrected chi connectivity index (χ1v) is 12.1. The van der Waals surface area contributed by atoms with E-state index in [0.717, 1.165) is 29.0 Å². The summed E-state index contributed by atoms with van der Waals surface area (Å²) >= 11 is 1.04. The molecule has 1 aromatic heterocycles. The maximum absolute atomic E-state index is 12.9. The van der Waals surface area contributed by atoms with Gasteiger partial charge in [0.25, 0.3) is 5.91 Å². The van der Waals surface area contributed by atoms with E-state index in [2.05, 4.69) is 10.3 Å². The van der Waals surface area contributed by atoms with Crippen LogP contribution >= 0.6 is 11.3 Å². The van der Waals surface area contributed by atoms with Gasteiger partial charge in [-0.25, -0.2) is 13.4 Å². The Morgan fingerprint density at radius 3 is 2.72 bits per heavy atom. The Kier molecular flexibility index (Phi) is 5.95. The van der Waals surface area contributed by atoms with Gasteiger partial charge in [0.1, 0.15) is 10.7 Å². The average Bonchev–Trinajstić information content (AvgIpc) is 3.41. The molecule has 11 heteroatoms. The summed E-state index contributed by atoms with van der Waals surface area (Å²) in [5.41, 5.74) is 1.09. The number of thiazole rings is 1. The van der Waals surface area contributed by atoms with E-state index in [4.69, 9.17) is 0 Å². The lowest BCUT2D eigenvalue weighted by Crippen LogP contribution is -2.37. The van der Waals surface area contributed by atoms with Gasteiger partial charge in [-0.05, 0) is 30.2 Å². The first-order chi connectivity index (χ1) is 15.1. The Bertz CT molecular complexity index is 1260. The first-order valence-electron chi connectivity index (χ1n) is 9.65. The number of sulfonamides is 1. The molecular formula is C21H18F3N3O3S2. The van der Waals surface area contributed by atoms with E-state index in [-0.39, 0.29) is 28.6 Å². The van der Waals surface area contributed by atoms with Crippen molar-refractivity contribution in [2.75, 3.05) is 23.1 Å². The average molecular weight is 482 g/mol. The van der Waals surface area contributed by atoms with Crippen LogP contribution in [0.4, 0.5) is 18.9 Å². The van der Waals surface area contributed by atoms with Crippen molar-refractivity contribution in [3.05, 3.63) is 70.7 Å². The Hall–Kier alpha value is -2.92. The number of alkyl halides is 3. The minimum Gasteiger partial charge on any atom is -0.350 e. The van der Waals surface area contributed by atoms with E-state index in [1.807, 2.05) is 12.1 Å². The van der Waals surface area contributed by atoms with E-state index >= 15 is 0 Å². The molecule has 0 saturated carbocycles. The van der Waals surface area contributed by atoms with Crippen molar-refractivity contribution in [3.8, 4) is 10.6 Å². The van der Waals surface area contributed by atoms with Crippen LogP contribution in [0.1, 0.15) is 21.6 Å². The molecule has 32 heavy (non-hydrogen) atoms. The molecule has 1 N–H and O–H groups in total. The van der Waals surface area contributed by atoms with Crippen LogP contribution in [-0.2, 0) is 22.6 Å². The molecule has 0 bridgehead atoms. The predicted molar refractivity (Wildman–Crippen MR) is 116 cm³/mol. The molecule has 0 aliphatic carbocycles. The molecule has 0 spiro atoms. The van der Waals surface area contributed by atoms with E-state index in [0.29, 0.717) is 18.7 Å². The molecule has 1 amide bonds. The zero-order chi connectivity index (χ0) is 22.9. The zero-order valence-corrected chi connectivity index (χ0v) is 18.2. The number of para-hydroxylation sites is 1. The number of nitrogens with zero attached hydrogens (tertiary/aromatic N) is 2. The number of hydrogen-bond acceptors (Lipinski definition) is 5. The molecule has 0 atom stereocenters. The lowest BCUT2D eigenvalue weighted by Gasteiger charge is -2.19. The molecule has 168 valence electrons. The SMILES string of the molecule is O=C(NCCS(=O)(=O)N1CCc2ccccc21)c1csc(-c2cccc(C(F)(F)F)c2)n1. The fourth-order valence-electron chi connectivity index (χ4n) is 3.43. The van der Waals surface area contributed by atoms with E-state index in [9.17, 15) is 26.4 Å². The topological polar surface area (TPSA) is 79.4 Å². The minimum absolute atomic E-state index is 0.0197. The van der Waals surface area contributed by atoms with Crippen LogP contribution in [0, 0.1) is 0 Å². The van der Waals surface area contributed by atoms with Gasteiger partial charge in [0, 0.05) is 24.0 Å². The van der Waals surface area contributed by atoms with Crippen molar-refractivity contribution < 1.29 is 26.4 Å². The van der Waals surface area contributed by atoms with Gasteiger partial charge in [-0.2, -0.15) is 13.2 Å². The van der Waals surface area contributed by atoms with Crippen molar-refractivity contribution in [1.82, 2.24) is 10.3 Å². The van der Waals surface area contributed by atoms with Crippen LogP contribution in [0.3, 0.4) is 0 Å². The van der Waals surface area contributed by atoms with Crippen LogP contribution in [0.2, 0.25) is 0 Å². The number of carbonyl (C=O) groups excluding carboxylic acids is 1. The van der Waals surface area contributed by atoms with Gasteiger partial charge in [-0.3, -0.25) is 9.10 Å². The number of carbonyl (C=O) groups is 1. The fraction of sp³-hybridized carbons (Fsp3) is 0.238. The van der Waals surface area contributed by atoms with E-state index < -0.39 is 27.7 Å². The molecule has 1 aliphatic heterocycles. The molecule has 4 rings (SSSR count). The number of nitrogens with one attached hydrogen (secondary N) is 1. The maximum atomic E-state index is 12.9. The molecule has 6 nitrogen and oxygen atoms in total. The van der Waals surface area contributed by atoms with Gasteiger partial charge < -0.3 is 5.32 Å². The summed E-state index contributed by atoms with van der Waals surface area (Å²) in [6, 6.07) is 12.0. The van der Waals surface area contributed by atoms with Crippen LogP contribution in [0.15, 0.2) is 53.9 Å². The minimum atomic E-state index is -4.48. The zero-order valence-electron chi connectivity index (χ0n) is 16.6. The molecule has 2 heterocycles. The van der Waals surface area contributed by atoms with Gasteiger partial charge in [-0.1, -0.05) is 30.3 Å². The predicted octanol–water partition coefficient (Wildman–Crippen LogP) is 3.95. The van der Waals surface area contributed by atoms with Crippen LogP contribution < -0.4 is 9.62 Å². The van der Waals surface area contributed by atoms with Crippen molar-refractivity contribution in [1.29, 1.82) is 0 Å². The standard InChI is InChI=1S/C21H18F3N3O3S2/c22-21(23,24)16-6-3-5-15(12-16)20-26-17(13-31-20)19(28)25-9-11-32(29,30)27-10-8-14-4-1-2-7-18(14)27/h1-7,12-13H,8-11H2,(H,25,28). The van der Waals surface area contributed by atoms with Gasteiger partial charge >= 0.3 is 6.18 Å². The Balaban J connectivity index is 1.38. The highest BCUT2D eigenvalue weighted by atomic mass is 32.2. The van der Waals surface area contributed by atoms with Gasteiger partial charge in [-0.15, -0.1) is 11.3 Å². The largest absolute Gasteiger partial charge is 0.416 e. The molecule has 2 aromatic carbocycles. The number of aromatic nitrogens is 1. The molecule has 0 saturated heterocycles. The highest BCUT2D eigenvalue weighted by Gasteiger charge is 2.31. The summed E-state index contributed by atoms with van der Waals surface area (Å²) in [5, 5.41) is 4.22.